The molecule has 1 N–H and O–H groups in total. The number of nitrogens with one attached hydrogen (secondary N) is 1. The average Bonchev–Trinajstić information content (AvgIpc) is 2.61. The molecule has 1 aromatic carbocycles. The zero-order valence-corrected chi connectivity index (χ0v) is 13.0. The van der Waals surface area contributed by atoms with E-state index in [0.29, 0.717) is 13.0 Å². The smallest absolute Gasteiger partial charge is 0.241 e. The van der Waals surface area contributed by atoms with Crippen molar-refractivity contribution in [1.29, 1.82) is 0 Å². The zero-order chi connectivity index (χ0) is 14.3. The molecule has 0 aromatic heterocycles. The Morgan fingerprint density at radius 1 is 1.53 bits per heavy atom. The van der Waals surface area contributed by atoms with Gasteiger partial charge in [-0.15, -0.1) is 0 Å². The Labute approximate surface area is 120 Å². The highest BCUT2D eigenvalue weighted by molar-refractivity contribution is 9.10. The van der Waals surface area contributed by atoms with Gasteiger partial charge in [0.05, 0.1) is 21.0 Å². The summed E-state index contributed by atoms with van der Waals surface area (Å²) >= 11 is 2.99. The largest absolute Gasteiger partial charge is 0.376 e. The van der Waals surface area contributed by atoms with Crippen LogP contribution in [0.4, 0.5) is 4.39 Å². The van der Waals surface area contributed by atoms with Crippen LogP contribution in [0.5, 0.6) is 0 Å². The molecule has 1 fully saturated rings. The summed E-state index contributed by atoms with van der Waals surface area (Å²) in [7, 11) is -3.77. The molecule has 0 bridgehead atoms. The predicted octanol–water partition coefficient (Wildman–Crippen LogP) is 2.43. The molecule has 0 aliphatic carbocycles. The van der Waals surface area contributed by atoms with E-state index in [9.17, 15) is 12.8 Å². The Morgan fingerprint density at radius 3 is 2.74 bits per heavy atom. The second kappa shape index (κ2) is 5.12. The minimum absolute atomic E-state index is 0.0893. The number of sulfonamides is 1. The quantitative estimate of drug-likeness (QED) is 0.909. The molecule has 1 saturated heterocycles. The molecule has 0 spiro atoms. The fraction of sp³-hybridized carbons (Fsp3) is 0.500. The molecule has 2 unspecified atom stereocenters. The summed E-state index contributed by atoms with van der Waals surface area (Å²) in [6.07, 6.45) is 0.370. The zero-order valence-electron chi connectivity index (χ0n) is 10.6. The highest BCUT2D eigenvalue weighted by atomic mass is 79.9. The van der Waals surface area contributed by atoms with Gasteiger partial charge in [0.25, 0.3) is 0 Å². The van der Waals surface area contributed by atoms with Crippen LogP contribution in [0.15, 0.2) is 27.6 Å². The van der Waals surface area contributed by atoms with Crippen LogP contribution in [0.3, 0.4) is 0 Å². The Hall–Kier alpha value is -0.500. The third-order valence-corrected chi connectivity index (χ3v) is 5.71. The first kappa shape index (κ1) is 14.9. The van der Waals surface area contributed by atoms with Gasteiger partial charge in [0.2, 0.25) is 10.0 Å². The second-order valence-electron chi connectivity index (χ2n) is 4.86. The Bertz CT molecular complexity index is 593. The van der Waals surface area contributed by atoms with E-state index in [1.807, 2.05) is 6.92 Å². The van der Waals surface area contributed by atoms with Crippen molar-refractivity contribution in [3.8, 4) is 0 Å². The van der Waals surface area contributed by atoms with Gasteiger partial charge in [-0.05, 0) is 54.4 Å². The average molecular weight is 352 g/mol. The lowest BCUT2D eigenvalue weighted by Crippen LogP contribution is -2.50. The van der Waals surface area contributed by atoms with Gasteiger partial charge in [-0.25, -0.2) is 17.5 Å². The molecule has 0 radical (unpaired) electrons. The van der Waals surface area contributed by atoms with Crippen molar-refractivity contribution < 1.29 is 17.5 Å². The minimum Gasteiger partial charge on any atom is -0.376 e. The molecule has 4 nitrogen and oxygen atoms in total. The van der Waals surface area contributed by atoms with E-state index in [1.165, 1.54) is 12.1 Å². The van der Waals surface area contributed by atoms with Gasteiger partial charge in [-0.2, -0.15) is 0 Å². The van der Waals surface area contributed by atoms with Crippen LogP contribution in [-0.4, -0.2) is 26.7 Å². The lowest BCUT2D eigenvalue weighted by Gasteiger charge is -2.28. The molecule has 1 aliphatic heterocycles. The molecular weight excluding hydrogens is 337 g/mol. The van der Waals surface area contributed by atoms with Gasteiger partial charge in [-0.3, -0.25) is 0 Å². The topological polar surface area (TPSA) is 55.4 Å². The molecule has 19 heavy (non-hydrogen) atoms. The number of ether oxygens (including phenoxy) is 1. The van der Waals surface area contributed by atoms with E-state index in [4.69, 9.17) is 4.74 Å². The number of benzene rings is 1. The van der Waals surface area contributed by atoms with Gasteiger partial charge >= 0.3 is 0 Å². The summed E-state index contributed by atoms with van der Waals surface area (Å²) in [5, 5.41) is 0. The fourth-order valence-corrected chi connectivity index (χ4v) is 3.73. The molecule has 2 rings (SSSR count). The van der Waals surface area contributed by atoms with Crippen molar-refractivity contribution in [2.75, 3.05) is 6.61 Å². The Balaban J connectivity index is 2.30. The lowest BCUT2D eigenvalue weighted by molar-refractivity contribution is 0.0957. The van der Waals surface area contributed by atoms with Gasteiger partial charge in [-0.1, -0.05) is 0 Å². The highest BCUT2D eigenvalue weighted by Gasteiger charge is 2.40. The second-order valence-corrected chi connectivity index (χ2v) is 7.40. The van der Waals surface area contributed by atoms with E-state index in [-0.39, 0.29) is 15.5 Å². The van der Waals surface area contributed by atoms with Crippen molar-refractivity contribution in [3.05, 3.63) is 28.5 Å². The molecule has 106 valence electrons. The molecule has 2 atom stereocenters. The summed E-state index contributed by atoms with van der Waals surface area (Å²) in [6.45, 7) is 4.12. The Kier molecular flexibility index (Phi) is 4.02. The monoisotopic (exact) mass is 351 g/mol. The van der Waals surface area contributed by atoms with Gasteiger partial charge in [0.1, 0.15) is 5.82 Å². The molecule has 0 amide bonds. The van der Waals surface area contributed by atoms with E-state index in [0.717, 1.165) is 6.07 Å². The number of hydrogen-bond donors (Lipinski definition) is 1. The number of rotatable bonds is 3. The summed E-state index contributed by atoms with van der Waals surface area (Å²) in [5.74, 6) is -0.608. The summed E-state index contributed by atoms with van der Waals surface area (Å²) in [6, 6.07) is 3.73. The normalized spacial score (nSPS) is 27.7. The third kappa shape index (κ3) is 2.99. The van der Waals surface area contributed by atoms with Gasteiger partial charge < -0.3 is 4.74 Å². The summed E-state index contributed by atoms with van der Waals surface area (Å²) < 4.78 is 46.2. The van der Waals surface area contributed by atoms with Crippen LogP contribution in [0, 0.1) is 5.82 Å². The molecule has 1 heterocycles. The fourth-order valence-electron chi connectivity index (χ4n) is 1.98. The van der Waals surface area contributed by atoms with Crippen LogP contribution in [0.1, 0.15) is 20.3 Å². The SMILES string of the molecule is CC1OCCC1(C)NS(=O)(=O)c1ccc(Br)c(F)c1. The summed E-state index contributed by atoms with van der Waals surface area (Å²) in [4.78, 5) is -0.0893. The molecular formula is C12H15BrFNO3S. The molecule has 1 aromatic rings. The Morgan fingerprint density at radius 2 is 2.21 bits per heavy atom. The van der Waals surface area contributed by atoms with Crippen molar-refractivity contribution in [2.45, 2.75) is 36.8 Å². The molecule has 1 aliphatic rings. The third-order valence-electron chi connectivity index (χ3n) is 3.46. The van der Waals surface area contributed by atoms with Crippen LogP contribution in [-0.2, 0) is 14.8 Å². The van der Waals surface area contributed by atoms with Crippen LogP contribution >= 0.6 is 15.9 Å². The predicted molar refractivity (Wildman–Crippen MR) is 72.9 cm³/mol. The minimum atomic E-state index is -3.77. The van der Waals surface area contributed by atoms with E-state index >= 15 is 0 Å². The number of hydrogen-bond acceptors (Lipinski definition) is 3. The molecule has 0 saturated carbocycles. The van der Waals surface area contributed by atoms with Gasteiger partial charge in [0, 0.05) is 6.61 Å². The number of halogens is 2. The van der Waals surface area contributed by atoms with Crippen LogP contribution < -0.4 is 4.72 Å². The van der Waals surface area contributed by atoms with Crippen molar-refractivity contribution in [2.24, 2.45) is 0 Å². The van der Waals surface area contributed by atoms with E-state index in [2.05, 4.69) is 20.7 Å². The first-order valence-corrected chi connectivity index (χ1v) is 8.13. The van der Waals surface area contributed by atoms with E-state index in [1.54, 1.807) is 6.92 Å². The standard InChI is InChI=1S/C12H15BrFNO3S/c1-8-12(2,5-6-18-8)15-19(16,17)9-3-4-10(13)11(14)7-9/h3-4,7-8,15H,5-6H2,1-2H3. The molecule has 7 heteroatoms. The van der Waals surface area contributed by atoms with Gasteiger partial charge in [0.15, 0.2) is 0 Å². The first-order chi connectivity index (χ1) is 8.74. The maximum atomic E-state index is 13.4. The first-order valence-electron chi connectivity index (χ1n) is 5.85. The maximum Gasteiger partial charge on any atom is 0.241 e. The van der Waals surface area contributed by atoms with Crippen molar-refractivity contribution >= 4 is 26.0 Å². The van der Waals surface area contributed by atoms with Crippen LogP contribution in [0.25, 0.3) is 0 Å². The maximum absolute atomic E-state index is 13.4. The van der Waals surface area contributed by atoms with Crippen LogP contribution in [0.2, 0.25) is 0 Å². The lowest BCUT2D eigenvalue weighted by atomic mass is 9.97. The summed E-state index contributed by atoms with van der Waals surface area (Å²) in [5.41, 5.74) is -0.664. The highest BCUT2D eigenvalue weighted by Crippen LogP contribution is 2.28. The van der Waals surface area contributed by atoms with Crippen molar-refractivity contribution in [1.82, 2.24) is 4.72 Å². The van der Waals surface area contributed by atoms with Crippen molar-refractivity contribution in [3.63, 3.8) is 0 Å². The van der Waals surface area contributed by atoms with E-state index < -0.39 is 21.4 Å².